The second-order valence-electron chi connectivity index (χ2n) is 5.59. The molecule has 0 saturated carbocycles. The first kappa shape index (κ1) is 17.6. The smallest absolute Gasteiger partial charge is 0.291 e. The van der Waals surface area contributed by atoms with E-state index in [1.54, 1.807) is 42.7 Å². The van der Waals surface area contributed by atoms with Gasteiger partial charge in [0.25, 0.3) is 5.91 Å². The standard InChI is InChI=1S/C17H20N2O5S/c1-22-7-3-6-18-15(20)13-11-25-17(12-5-9-23-10-12)19(13)16(21)14-4-2-8-24-14/h2,4-5,8-10,13,17H,3,6-7,11H2,1H3,(H,18,20). The summed E-state index contributed by atoms with van der Waals surface area (Å²) in [6.45, 7) is 1.08. The molecule has 7 nitrogen and oxygen atoms in total. The molecule has 8 heteroatoms. The van der Waals surface area contributed by atoms with Crippen LogP contribution >= 0.6 is 11.8 Å². The van der Waals surface area contributed by atoms with Crippen LogP contribution < -0.4 is 5.32 Å². The largest absolute Gasteiger partial charge is 0.472 e. The van der Waals surface area contributed by atoms with Gasteiger partial charge in [-0.25, -0.2) is 0 Å². The van der Waals surface area contributed by atoms with E-state index in [1.165, 1.54) is 18.0 Å². The number of rotatable bonds is 7. The van der Waals surface area contributed by atoms with Gasteiger partial charge in [0.1, 0.15) is 11.4 Å². The fraction of sp³-hybridized carbons (Fsp3) is 0.412. The van der Waals surface area contributed by atoms with Crippen molar-refractivity contribution in [3.05, 3.63) is 48.3 Å². The highest BCUT2D eigenvalue weighted by atomic mass is 32.2. The molecule has 2 aromatic rings. The molecule has 3 rings (SSSR count). The molecule has 2 unspecified atom stereocenters. The molecule has 3 heterocycles. The molecule has 1 aliphatic heterocycles. The van der Waals surface area contributed by atoms with E-state index in [2.05, 4.69) is 5.32 Å². The molecular formula is C17H20N2O5S. The van der Waals surface area contributed by atoms with Crippen LogP contribution in [0.5, 0.6) is 0 Å². The van der Waals surface area contributed by atoms with Crippen molar-refractivity contribution in [3.8, 4) is 0 Å². The van der Waals surface area contributed by atoms with Crippen molar-refractivity contribution in [3.63, 3.8) is 0 Å². The molecule has 0 spiro atoms. The van der Waals surface area contributed by atoms with Crippen molar-refractivity contribution in [2.24, 2.45) is 0 Å². The van der Waals surface area contributed by atoms with Gasteiger partial charge in [-0.05, 0) is 24.6 Å². The zero-order valence-electron chi connectivity index (χ0n) is 13.8. The van der Waals surface area contributed by atoms with Gasteiger partial charge < -0.3 is 23.8 Å². The lowest BCUT2D eigenvalue weighted by molar-refractivity contribution is -0.124. The first-order chi connectivity index (χ1) is 12.2. The summed E-state index contributed by atoms with van der Waals surface area (Å²) >= 11 is 1.53. The van der Waals surface area contributed by atoms with Crippen LogP contribution in [0.3, 0.4) is 0 Å². The van der Waals surface area contributed by atoms with Gasteiger partial charge in [-0.1, -0.05) is 0 Å². The number of nitrogens with zero attached hydrogens (tertiary/aromatic N) is 1. The zero-order chi connectivity index (χ0) is 17.6. The highest BCUT2D eigenvalue weighted by molar-refractivity contribution is 7.99. The molecular weight excluding hydrogens is 344 g/mol. The minimum absolute atomic E-state index is 0.172. The number of hydrogen-bond donors (Lipinski definition) is 1. The highest BCUT2D eigenvalue weighted by Gasteiger charge is 2.43. The van der Waals surface area contributed by atoms with Crippen molar-refractivity contribution in [2.75, 3.05) is 26.0 Å². The maximum absolute atomic E-state index is 12.9. The van der Waals surface area contributed by atoms with E-state index in [0.29, 0.717) is 18.9 Å². The van der Waals surface area contributed by atoms with Gasteiger partial charge in [0.05, 0.1) is 18.8 Å². The minimum atomic E-state index is -0.565. The summed E-state index contributed by atoms with van der Waals surface area (Å²) < 4.78 is 15.4. The van der Waals surface area contributed by atoms with E-state index in [4.69, 9.17) is 13.6 Å². The van der Waals surface area contributed by atoms with Gasteiger partial charge in [-0.2, -0.15) is 0 Å². The lowest BCUT2D eigenvalue weighted by Crippen LogP contribution is -2.48. The number of carbonyl (C=O) groups excluding carboxylic acids is 2. The van der Waals surface area contributed by atoms with Crippen LogP contribution in [0.15, 0.2) is 45.8 Å². The Kier molecular flexibility index (Phi) is 5.83. The normalized spacial score (nSPS) is 20.0. The molecule has 0 bridgehead atoms. The number of carbonyl (C=O) groups is 2. The van der Waals surface area contributed by atoms with Gasteiger partial charge in [-0.15, -0.1) is 11.8 Å². The molecule has 1 saturated heterocycles. The molecule has 0 radical (unpaired) electrons. The zero-order valence-corrected chi connectivity index (χ0v) is 14.7. The second kappa shape index (κ2) is 8.26. The third kappa shape index (κ3) is 3.91. The van der Waals surface area contributed by atoms with Crippen molar-refractivity contribution in [1.29, 1.82) is 0 Å². The van der Waals surface area contributed by atoms with E-state index < -0.39 is 6.04 Å². The molecule has 1 aliphatic rings. The molecule has 134 valence electrons. The quantitative estimate of drug-likeness (QED) is 0.759. The van der Waals surface area contributed by atoms with E-state index >= 15 is 0 Å². The van der Waals surface area contributed by atoms with Crippen LogP contribution in [-0.4, -0.2) is 48.8 Å². The molecule has 25 heavy (non-hydrogen) atoms. The molecule has 0 aliphatic carbocycles. The third-order valence-corrected chi connectivity index (χ3v) is 5.25. The maximum Gasteiger partial charge on any atom is 0.291 e. The number of furan rings is 2. The lowest BCUT2D eigenvalue weighted by atomic mass is 10.2. The van der Waals surface area contributed by atoms with Crippen LogP contribution in [-0.2, 0) is 9.53 Å². The van der Waals surface area contributed by atoms with Gasteiger partial charge in [0, 0.05) is 31.6 Å². The first-order valence-electron chi connectivity index (χ1n) is 7.99. The Hall–Kier alpha value is -2.19. The number of nitrogens with one attached hydrogen (secondary N) is 1. The predicted octanol–water partition coefficient (Wildman–Crippen LogP) is 2.28. The van der Waals surface area contributed by atoms with Crippen molar-refractivity contribution >= 4 is 23.6 Å². The SMILES string of the molecule is COCCCNC(=O)C1CSC(c2ccoc2)N1C(=O)c1ccco1. The van der Waals surface area contributed by atoms with Gasteiger partial charge >= 0.3 is 0 Å². The molecule has 1 fully saturated rings. The van der Waals surface area contributed by atoms with Gasteiger partial charge in [0.15, 0.2) is 5.76 Å². The lowest BCUT2D eigenvalue weighted by Gasteiger charge is -2.27. The Bertz CT molecular complexity index is 686. The Morgan fingerprint density at radius 3 is 2.96 bits per heavy atom. The van der Waals surface area contributed by atoms with Gasteiger partial charge in [0.2, 0.25) is 5.91 Å². The number of methoxy groups -OCH3 is 1. The Morgan fingerprint density at radius 2 is 2.28 bits per heavy atom. The minimum Gasteiger partial charge on any atom is -0.472 e. The molecule has 2 atom stereocenters. The Balaban J connectivity index is 1.77. The molecule has 2 aromatic heterocycles. The van der Waals surface area contributed by atoms with Crippen molar-refractivity contribution in [2.45, 2.75) is 17.8 Å². The summed E-state index contributed by atoms with van der Waals surface area (Å²) in [5.74, 6) is 0.249. The summed E-state index contributed by atoms with van der Waals surface area (Å²) in [5.41, 5.74) is 0.847. The average molecular weight is 364 g/mol. The van der Waals surface area contributed by atoms with Crippen molar-refractivity contribution < 1.29 is 23.2 Å². The Morgan fingerprint density at radius 1 is 1.40 bits per heavy atom. The fourth-order valence-corrected chi connectivity index (χ4v) is 4.11. The van der Waals surface area contributed by atoms with Crippen LogP contribution in [0.25, 0.3) is 0 Å². The van der Waals surface area contributed by atoms with E-state index in [1.807, 2.05) is 0 Å². The summed E-state index contributed by atoms with van der Waals surface area (Å²) in [7, 11) is 1.62. The average Bonchev–Trinajstić information content (AvgIpc) is 3.37. The molecule has 2 amide bonds. The fourth-order valence-electron chi connectivity index (χ4n) is 2.70. The predicted molar refractivity (Wildman–Crippen MR) is 92.1 cm³/mol. The van der Waals surface area contributed by atoms with E-state index in [0.717, 1.165) is 12.0 Å². The van der Waals surface area contributed by atoms with Crippen LogP contribution in [0.4, 0.5) is 0 Å². The van der Waals surface area contributed by atoms with Crippen LogP contribution in [0.2, 0.25) is 0 Å². The second-order valence-corrected chi connectivity index (χ2v) is 6.70. The van der Waals surface area contributed by atoms with E-state index in [9.17, 15) is 9.59 Å². The summed E-state index contributed by atoms with van der Waals surface area (Å²) in [6.07, 6.45) is 5.32. The van der Waals surface area contributed by atoms with Crippen LogP contribution in [0, 0.1) is 0 Å². The molecule has 0 aromatic carbocycles. The van der Waals surface area contributed by atoms with E-state index in [-0.39, 0.29) is 22.9 Å². The van der Waals surface area contributed by atoms with Gasteiger partial charge in [-0.3, -0.25) is 9.59 Å². The van der Waals surface area contributed by atoms with Crippen molar-refractivity contribution in [1.82, 2.24) is 10.2 Å². The topological polar surface area (TPSA) is 84.9 Å². The van der Waals surface area contributed by atoms with Crippen LogP contribution in [0.1, 0.15) is 27.9 Å². The third-order valence-electron chi connectivity index (χ3n) is 3.92. The monoisotopic (exact) mass is 364 g/mol. The summed E-state index contributed by atoms with van der Waals surface area (Å²) in [6, 6.07) is 4.50. The Labute approximate surface area is 149 Å². The number of hydrogen-bond acceptors (Lipinski definition) is 6. The maximum atomic E-state index is 12.9. The highest BCUT2D eigenvalue weighted by Crippen LogP contribution is 2.42. The number of amides is 2. The molecule has 1 N–H and O–H groups in total. The number of thioether (sulfide) groups is 1. The first-order valence-corrected chi connectivity index (χ1v) is 9.03. The summed E-state index contributed by atoms with van der Waals surface area (Å²) in [4.78, 5) is 27.1. The summed E-state index contributed by atoms with van der Waals surface area (Å²) in [5, 5.41) is 2.59. The number of ether oxygens (including phenoxy) is 1.